The minimum Gasteiger partial charge on any atom is -0.455 e. The smallest absolute Gasteiger partial charge is 0.305 e. The number of nitrogens with zero attached hydrogens (tertiary/aromatic N) is 1. The highest BCUT2D eigenvalue weighted by Gasteiger charge is 2.36. The first-order valence-electron chi connectivity index (χ1n) is 10.6. The second-order valence-electron chi connectivity index (χ2n) is 8.83. The molecule has 7 nitrogen and oxygen atoms in total. The standard InChI is InChI=1S/C25H25ClN4O3/c1-15-21-19(28-27-18-10-5-4-6-11-18)13-25(2,3)14-20(21)33-22(15)24(32)30-29-23(31)16-8-7-9-17(26)12-16/h4-12,27H,13-14H2,1-3H3,(H,29,31)(H,30,32)/b28-19-. The van der Waals surface area contributed by atoms with E-state index >= 15 is 0 Å². The maximum atomic E-state index is 12.8. The molecule has 1 aliphatic rings. The van der Waals surface area contributed by atoms with E-state index in [4.69, 9.17) is 16.0 Å². The van der Waals surface area contributed by atoms with Crippen LogP contribution in [0.15, 0.2) is 64.1 Å². The summed E-state index contributed by atoms with van der Waals surface area (Å²) in [6.07, 6.45) is 1.41. The highest BCUT2D eigenvalue weighted by Crippen LogP contribution is 2.39. The monoisotopic (exact) mass is 464 g/mol. The largest absolute Gasteiger partial charge is 0.455 e. The van der Waals surface area contributed by atoms with E-state index in [0.29, 0.717) is 28.3 Å². The van der Waals surface area contributed by atoms with Crippen molar-refractivity contribution in [2.75, 3.05) is 5.43 Å². The fourth-order valence-corrected chi connectivity index (χ4v) is 4.13. The lowest BCUT2D eigenvalue weighted by Gasteiger charge is -2.29. The van der Waals surface area contributed by atoms with E-state index in [9.17, 15) is 9.59 Å². The minimum absolute atomic E-state index is 0.0803. The number of furan rings is 1. The quantitative estimate of drug-likeness (QED) is 0.468. The number of anilines is 1. The highest BCUT2D eigenvalue weighted by molar-refractivity contribution is 6.31. The Kier molecular flexibility index (Phi) is 6.24. The molecule has 1 heterocycles. The second kappa shape index (κ2) is 9.11. The molecular weight excluding hydrogens is 440 g/mol. The lowest BCUT2D eigenvalue weighted by molar-refractivity contribution is 0.0828. The van der Waals surface area contributed by atoms with Crippen molar-refractivity contribution in [2.24, 2.45) is 10.5 Å². The van der Waals surface area contributed by atoms with Gasteiger partial charge in [0.2, 0.25) is 0 Å². The van der Waals surface area contributed by atoms with Crippen LogP contribution >= 0.6 is 11.6 Å². The fourth-order valence-electron chi connectivity index (χ4n) is 3.94. The van der Waals surface area contributed by atoms with E-state index in [2.05, 4.69) is 35.2 Å². The van der Waals surface area contributed by atoms with Gasteiger partial charge in [-0.05, 0) is 49.1 Å². The molecule has 0 saturated heterocycles. The average Bonchev–Trinajstić information content (AvgIpc) is 3.11. The molecule has 170 valence electrons. The van der Waals surface area contributed by atoms with Gasteiger partial charge in [0.25, 0.3) is 5.91 Å². The molecule has 3 N–H and O–H groups in total. The molecule has 0 fully saturated rings. The Labute approximate surface area is 197 Å². The van der Waals surface area contributed by atoms with Crippen LogP contribution in [-0.4, -0.2) is 17.5 Å². The van der Waals surface area contributed by atoms with Gasteiger partial charge in [0.15, 0.2) is 5.76 Å². The van der Waals surface area contributed by atoms with Gasteiger partial charge in [0.1, 0.15) is 5.76 Å². The SMILES string of the molecule is Cc1c(C(=O)NNC(=O)c2cccc(Cl)c2)oc2c1/C(=N\Nc1ccccc1)CC(C)(C)C2. The molecule has 0 atom stereocenters. The zero-order valence-corrected chi connectivity index (χ0v) is 19.4. The van der Waals surface area contributed by atoms with Gasteiger partial charge in [0.05, 0.1) is 11.4 Å². The predicted octanol–water partition coefficient (Wildman–Crippen LogP) is 5.10. The van der Waals surface area contributed by atoms with Crippen LogP contribution in [0.25, 0.3) is 0 Å². The molecule has 1 aromatic heterocycles. The van der Waals surface area contributed by atoms with E-state index in [1.807, 2.05) is 37.3 Å². The number of nitrogens with one attached hydrogen (secondary N) is 3. The number of halogens is 1. The maximum absolute atomic E-state index is 12.8. The van der Waals surface area contributed by atoms with E-state index in [-0.39, 0.29) is 11.2 Å². The van der Waals surface area contributed by atoms with E-state index in [0.717, 1.165) is 23.4 Å². The topological polar surface area (TPSA) is 95.7 Å². The van der Waals surface area contributed by atoms with Crippen LogP contribution in [0.3, 0.4) is 0 Å². The number of carbonyl (C=O) groups excluding carboxylic acids is 2. The average molecular weight is 465 g/mol. The van der Waals surface area contributed by atoms with Gasteiger partial charge in [-0.3, -0.25) is 25.9 Å². The first kappa shape index (κ1) is 22.6. The molecule has 0 radical (unpaired) electrons. The number of amides is 2. The third kappa shape index (κ3) is 5.09. The molecular formula is C25H25ClN4O3. The molecule has 1 aliphatic carbocycles. The number of fused-ring (bicyclic) bond motifs is 1. The van der Waals surface area contributed by atoms with Crippen molar-refractivity contribution in [3.05, 3.63) is 87.8 Å². The molecule has 8 heteroatoms. The van der Waals surface area contributed by atoms with Crippen molar-refractivity contribution in [3.8, 4) is 0 Å². The van der Waals surface area contributed by atoms with Crippen LogP contribution in [0, 0.1) is 12.3 Å². The summed E-state index contributed by atoms with van der Waals surface area (Å²) in [5, 5.41) is 5.07. The van der Waals surface area contributed by atoms with E-state index < -0.39 is 11.8 Å². The summed E-state index contributed by atoms with van der Waals surface area (Å²) in [5.74, 6) is -0.152. The zero-order valence-electron chi connectivity index (χ0n) is 18.7. The first-order valence-corrected chi connectivity index (χ1v) is 11.0. The fraction of sp³-hybridized carbons (Fsp3) is 0.240. The minimum atomic E-state index is -0.537. The van der Waals surface area contributed by atoms with Crippen molar-refractivity contribution in [1.82, 2.24) is 10.9 Å². The Morgan fingerprint density at radius 2 is 1.73 bits per heavy atom. The molecule has 2 amide bonds. The van der Waals surface area contributed by atoms with Gasteiger partial charge in [-0.15, -0.1) is 0 Å². The van der Waals surface area contributed by atoms with Gasteiger partial charge in [0, 0.05) is 28.1 Å². The van der Waals surface area contributed by atoms with Gasteiger partial charge in [-0.1, -0.05) is 49.7 Å². The number of carbonyl (C=O) groups is 2. The molecule has 33 heavy (non-hydrogen) atoms. The summed E-state index contributed by atoms with van der Waals surface area (Å²) in [6.45, 7) is 6.10. The predicted molar refractivity (Wildman–Crippen MR) is 129 cm³/mol. The molecule has 0 spiro atoms. The summed E-state index contributed by atoms with van der Waals surface area (Å²) in [7, 11) is 0. The van der Waals surface area contributed by atoms with Crippen LogP contribution in [0.4, 0.5) is 5.69 Å². The molecule has 0 saturated carbocycles. The number of hydrogen-bond donors (Lipinski definition) is 3. The van der Waals surface area contributed by atoms with Crippen molar-refractivity contribution in [3.63, 3.8) is 0 Å². The lowest BCUT2D eigenvalue weighted by Crippen LogP contribution is -2.41. The lowest BCUT2D eigenvalue weighted by atomic mass is 9.75. The van der Waals surface area contributed by atoms with Crippen LogP contribution in [0.5, 0.6) is 0 Å². The Morgan fingerprint density at radius 3 is 2.45 bits per heavy atom. The molecule has 0 aliphatic heterocycles. The molecule has 0 unspecified atom stereocenters. The Hall–Kier alpha value is -3.58. The molecule has 4 rings (SSSR count). The number of hydrogen-bond acceptors (Lipinski definition) is 5. The normalized spacial score (nSPS) is 15.6. The number of hydrazone groups is 1. The summed E-state index contributed by atoms with van der Waals surface area (Å²) in [6, 6.07) is 16.1. The van der Waals surface area contributed by atoms with Crippen LogP contribution in [0.2, 0.25) is 5.02 Å². The van der Waals surface area contributed by atoms with Gasteiger partial charge >= 0.3 is 5.91 Å². The Morgan fingerprint density at radius 1 is 1.00 bits per heavy atom. The third-order valence-electron chi connectivity index (χ3n) is 5.47. The molecule has 3 aromatic rings. The van der Waals surface area contributed by atoms with Crippen molar-refractivity contribution < 1.29 is 14.0 Å². The third-order valence-corrected chi connectivity index (χ3v) is 5.70. The molecule has 0 bridgehead atoms. The number of rotatable bonds is 4. The van der Waals surface area contributed by atoms with Gasteiger partial charge in [-0.25, -0.2) is 0 Å². The van der Waals surface area contributed by atoms with Gasteiger partial charge < -0.3 is 4.42 Å². The zero-order chi connectivity index (χ0) is 23.6. The summed E-state index contributed by atoms with van der Waals surface area (Å²) in [5.41, 5.74) is 11.4. The Balaban J connectivity index is 1.55. The maximum Gasteiger partial charge on any atom is 0.305 e. The molecule has 2 aromatic carbocycles. The van der Waals surface area contributed by atoms with Crippen molar-refractivity contribution >= 4 is 34.8 Å². The Bertz CT molecular complexity index is 1230. The van der Waals surface area contributed by atoms with Crippen molar-refractivity contribution in [2.45, 2.75) is 33.6 Å². The summed E-state index contributed by atoms with van der Waals surface area (Å²) < 4.78 is 5.98. The van der Waals surface area contributed by atoms with E-state index in [1.165, 1.54) is 6.07 Å². The van der Waals surface area contributed by atoms with Crippen molar-refractivity contribution in [1.29, 1.82) is 0 Å². The second-order valence-corrected chi connectivity index (χ2v) is 9.26. The van der Waals surface area contributed by atoms with Crippen LogP contribution < -0.4 is 16.3 Å². The number of hydrazine groups is 1. The van der Waals surface area contributed by atoms with E-state index in [1.54, 1.807) is 18.2 Å². The number of para-hydroxylation sites is 1. The first-order chi connectivity index (χ1) is 15.7. The highest BCUT2D eigenvalue weighted by atomic mass is 35.5. The van der Waals surface area contributed by atoms with Crippen LogP contribution in [-0.2, 0) is 6.42 Å². The summed E-state index contributed by atoms with van der Waals surface area (Å²) >= 11 is 5.93. The summed E-state index contributed by atoms with van der Waals surface area (Å²) in [4.78, 5) is 25.2. The number of benzene rings is 2. The van der Waals surface area contributed by atoms with Crippen LogP contribution in [0.1, 0.15) is 58.1 Å². The van der Waals surface area contributed by atoms with Gasteiger partial charge in [-0.2, -0.15) is 5.10 Å².